The van der Waals surface area contributed by atoms with Crippen molar-refractivity contribution in [1.29, 1.82) is 0 Å². The highest BCUT2D eigenvalue weighted by Crippen LogP contribution is 2.24. The van der Waals surface area contributed by atoms with Crippen molar-refractivity contribution in [3.63, 3.8) is 0 Å². The van der Waals surface area contributed by atoms with E-state index in [1.165, 1.54) is 10.4 Å². The van der Waals surface area contributed by atoms with Gasteiger partial charge in [0.1, 0.15) is 0 Å². The largest absolute Gasteiger partial charge is 0.311 e. The van der Waals surface area contributed by atoms with Crippen LogP contribution in [0.1, 0.15) is 48.5 Å². The van der Waals surface area contributed by atoms with Gasteiger partial charge >= 0.3 is 0 Å². The quantitative estimate of drug-likeness (QED) is 0.784. The molecule has 0 radical (unpaired) electrons. The summed E-state index contributed by atoms with van der Waals surface area (Å²) in [4.78, 5) is 14.7. The van der Waals surface area contributed by atoms with E-state index < -0.39 is 10.0 Å². The second-order valence-electron chi connectivity index (χ2n) is 7.25. The SMILES string of the molecule is CC(C)c1cccc(N(C)C(=O)c2cccc(S(=O)(=O)N3CCCC3)c2)c1. The minimum atomic E-state index is -3.54. The van der Waals surface area contributed by atoms with Crippen molar-refractivity contribution < 1.29 is 13.2 Å². The molecule has 0 saturated carbocycles. The molecular formula is C21H26N2O3S. The molecule has 1 amide bonds. The molecule has 1 aliphatic rings. The van der Waals surface area contributed by atoms with Gasteiger partial charge in [-0.2, -0.15) is 4.31 Å². The molecule has 27 heavy (non-hydrogen) atoms. The molecule has 0 unspecified atom stereocenters. The number of carbonyl (C=O) groups excluding carboxylic acids is 1. The molecule has 0 atom stereocenters. The van der Waals surface area contributed by atoms with Gasteiger partial charge in [0, 0.05) is 31.4 Å². The van der Waals surface area contributed by atoms with Gasteiger partial charge in [0.05, 0.1) is 4.90 Å². The Bertz CT molecular complexity index is 932. The van der Waals surface area contributed by atoms with Crippen molar-refractivity contribution in [2.75, 3.05) is 25.0 Å². The maximum atomic E-state index is 12.9. The van der Waals surface area contributed by atoms with E-state index in [-0.39, 0.29) is 10.8 Å². The van der Waals surface area contributed by atoms with E-state index in [0.717, 1.165) is 24.1 Å². The zero-order chi connectivity index (χ0) is 19.6. The molecule has 1 heterocycles. The summed E-state index contributed by atoms with van der Waals surface area (Å²) in [6.45, 7) is 5.30. The Morgan fingerprint density at radius 1 is 1.04 bits per heavy atom. The zero-order valence-electron chi connectivity index (χ0n) is 16.1. The van der Waals surface area contributed by atoms with E-state index in [0.29, 0.717) is 24.6 Å². The van der Waals surface area contributed by atoms with Gasteiger partial charge < -0.3 is 4.90 Å². The predicted molar refractivity (Wildman–Crippen MR) is 108 cm³/mol. The average molecular weight is 387 g/mol. The number of benzene rings is 2. The topological polar surface area (TPSA) is 57.7 Å². The van der Waals surface area contributed by atoms with Gasteiger partial charge in [-0.25, -0.2) is 8.42 Å². The van der Waals surface area contributed by atoms with E-state index in [9.17, 15) is 13.2 Å². The van der Waals surface area contributed by atoms with E-state index in [4.69, 9.17) is 0 Å². The highest BCUT2D eigenvalue weighted by Gasteiger charge is 2.28. The van der Waals surface area contributed by atoms with E-state index in [1.54, 1.807) is 30.1 Å². The van der Waals surface area contributed by atoms with Gasteiger partial charge in [-0.15, -0.1) is 0 Å². The Balaban J connectivity index is 1.88. The summed E-state index contributed by atoms with van der Waals surface area (Å²) >= 11 is 0. The number of hydrogen-bond acceptors (Lipinski definition) is 3. The Hall–Kier alpha value is -2.18. The minimum absolute atomic E-state index is 0.180. The van der Waals surface area contributed by atoms with Crippen LogP contribution in [-0.4, -0.2) is 38.8 Å². The van der Waals surface area contributed by atoms with Crippen molar-refractivity contribution in [2.24, 2.45) is 0 Å². The third-order valence-corrected chi connectivity index (χ3v) is 6.91. The van der Waals surface area contributed by atoms with Crippen LogP contribution in [0.3, 0.4) is 0 Å². The molecule has 144 valence electrons. The van der Waals surface area contributed by atoms with Crippen LogP contribution < -0.4 is 4.90 Å². The Morgan fingerprint density at radius 3 is 2.37 bits per heavy atom. The maximum absolute atomic E-state index is 12.9. The van der Waals surface area contributed by atoms with Gasteiger partial charge in [-0.3, -0.25) is 4.79 Å². The summed E-state index contributed by atoms with van der Waals surface area (Å²) in [5, 5.41) is 0. The third kappa shape index (κ3) is 4.06. The summed E-state index contributed by atoms with van der Waals surface area (Å²) in [6.07, 6.45) is 1.76. The number of rotatable bonds is 5. The summed E-state index contributed by atoms with van der Waals surface area (Å²) in [6, 6.07) is 14.2. The van der Waals surface area contributed by atoms with Crippen LogP contribution in [-0.2, 0) is 10.0 Å². The van der Waals surface area contributed by atoms with Gasteiger partial charge in [0.15, 0.2) is 0 Å². The molecular weight excluding hydrogens is 360 g/mol. The standard InChI is InChI=1S/C21H26N2O3S/c1-16(2)17-8-6-10-19(14-17)22(3)21(24)18-9-7-11-20(15-18)27(25,26)23-12-4-5-13-23/h6-11,14-16H,4-5,12-13H2,1-3H3. The van der Waals surface area contributed by atoms with Crippen LogP contribution in [0.5, 0.6) is 0 Å². The fourth-order valence-corrected chi connectivity index (χ4v) is 4.83. The minimum Gasteiger partial charge on any atom is -0.311 e. The first-order chi connectivity index (χ1) is 12.8. The molecule has 1 aliphatic heterocycles. The lowest BCUT2D eigenvalue weighted by atomic mass is 10.0. The molecule has 2 aromatic carbocycles. The van der Waals surface area contributed by atoms with Crippen molar-refractivity contribution in [2.45, 2.75) is 37.5 Å². The fourth-order valence-electron chi connectivity index (χ4n) is 3.27. The van der Waals surface area contributed by atoms with Gasteiger partial charge in [-0.05, 0) is 54.7 Å². The number of sulfonamides is 1. The molecule has 2 aromatic rings. The van der Waals surface area contributed by atoms with Crippen LogP contribution in [0, 0.1) is 0 Å². The molecule has 0 bridgehead atoms. The highest BCUT2D eigenvalue weighted by atomic mass is 32.2. The molecule has 0 N–H and O–H groups in total. The molecule has 0 spiro atoms. The second kappa shape index (κ2) is 7.82. The predicted octanol–water partition coefficient (Wildman–Crippen LogP) is 3.87. The molecule has 0 aromatic heterocycles. The number of amides is 1. The first kappa shape index (κ1) is 19.6. The van der Waals surface area contributed by atoms with Crippen molar-refractivity contribution in [3.8, 4) is 0 Å². The lowest BCUT2D eigenvalue weighted by Gasteiger charge is -2.20. The van der Waals surface area contributed by atoms with Crippen LogP contribution >= 0.6 is 0 Å². The zero-order valence-corrected chi connectivity index (χ0v) is 16.9. The van der Waals surface area contributed by atoms with E-state index in [1.807, 2.05) is 24.3 Å². The summed E-state index contributed by atoms with van der Waals surface area (Å²) < 4.78 is 27.0. The average Bonchev–Trinajstić information content (AvgIpc) is 3.22. The smallest absolute Gasteiger partial charge is 0.258 e. The van der Waals surface area contributed by atoms with Crippen molar-refractivity contribution in [3.05, 3.63) is 59.7 Å². The molecule has 1 fully saturated rings. The van der Waals surface area contributed by atoms with Crippen molar-refractivity contribution in [1.82, 2.24) is 4.31 Å². The van der Waals surface area contributed by atoms with Crippen LogP contribution in [0.25, 0.3) is 0 Å². The molecule has 1 saturated heterocycles. The van der Waals surface area contributed by atoms with Crippen LogP contribution in [0.15, 0.2) is 53.4 Å². The van der Waals surface area contributed by atoms with Gasteiger partial charge in [0.25, 0.3) is 5.91 Å². The first-order valence-electron chi connectivity index (χ1n) is 9.29. The summed E-state index contributed by atoms with van der Waals surface area (Å²) in [5.41, 5.74) is 2.31. The highest BCUT2D eigenvalue weighted by molar-refractivity contribution is 7.89. The third-order valence-electron chi connectivity index (χ3n) is 5.01. The van der Waals surface area contributed by atoms with E-state index in [2.05, 4.69) is 13.8 Å². The van der Waals surface area contributed by atoms with E-state index >= 15 is 0 Å². The van der Waals surface area contributed by atoms with Crippen molar-refractivity contribution >= 4 is 21.6 Å². The molecule has 6 heteroatoms. The van der Waals surface area contributed by atoms with Crippen LogP contribution in [0.2, 0.25) is 0 Å². The Kier molecular flexibility index (Phi) is 5.67. The maximum Gasteiger partial charge on any atom is 0.258 e. The number of carbonyl (C=O) groups is 1. The summed E-state index contributed by atoms with van der Waals surface area (Å²) in [5.74, 6) is 0.136. The van der Waals surface area contributed by atoms with Crippen LogP contribution in [0.4, 0.5) is 5.69 Å². The number of nitrogens with zero attached hydrogens (tertiary/aromatic N) is 2. The number of anilines is 1. The Labute approximate surface area is 161 Å². The monoisotopic (exact) mass is 386 g/mol. The lowest BCUT2D eigenvalue weighted by Crippen LogP contribution is -2.29. The molecule has 0 aliphatic carbocycles. The Morgan fingerprint density at radius 2 is 1.70 bits per heavy atom. The normalized spacial score (nSPS) is 15.3. The first-order valence-corrected chi connectivity index (χ1v) is 10.7. The second-order valence-corrected chi connectivity index (χ2v) is 9.19. The lowest BCUT2D eigenvalue weighted by molar-refractivity contribution is 0.0993. The number of hydrogen-bond donors (Lipinski definition) is 0. The molecule has 5 nitrogen and oxygen atoms in total. The molecule has 3 rings (SSSR count). The summed E-state index contributed by atoms with van der Waals surface area (Å²) in [7, 11) is -1.83. The fraction of sp³-hybridized carbons (Fsp3) is 0.381. The van der Waals surface area contributed by atoms with Gasteiger partial charge in [-0.1, -0.05) is 32.0 Å². The van der Waals surface area contributed by atoms with Gasteiger partial charge in [0.2, 0.25) is 10.0 Å².